The van der Waals surface area contributed by atoms with E-state index >= 15 is 0 Å². The Labute approximate surface area is 235 Å². The van der Waals surface area contributed by atoms with Crippen LogP contribution in [0.5, 0.6) is 11.5 Å². The van der Waals surface area contributed by atoms with Crippen LogP contribution < -0.4 is 20.3 Å². The molecule has 0 bridgehead atoms. The van der Waals surface area contributed by atoms with Gasteiger partial charge in [0.1, 0.15) is 11.5 Å². The molecule has 0 fully saturated rings. The fraction of sp³-hybridized carbons (Fsp3) is 0.0690. The summed E-state index contributed by atoms with van der Waals surface area (Å²) in [5, 5.41) is 7.42. The van der Waals surface area contributed by atoms with E-state index in [1.54, 1.807) is 31.3 Å². The summed E-state index contributed by atoms with van der Waals surface area (Å²) in [4.78, 5) is 19.8. The van der Waals surface area contributed by atoms with Gasteiger partial charge in [0.25, 0.3) is 5.91 Å². The highest BCUT2D eigenvalue weighted by Crippen LogP contribution is 2.32. The predicted octanol–water partition coefficient (Wildman–Crippen LogP) is 6.91. The predicted molar refractivity (Wildman–Crippen MR) is 158 cm³/mol. The number of halogens is 2. The number of nitrogens with one attached hydrogen (secondary N) is 2. The zero-order valence-corrected chi connectivity index (χ0v) is 22.5. The van der Waals surface area contributed by atoms with Gasteiger partial charge in [-0.15, -0.1) is 0 Å². The van der Waals surface area contributed by atoms with E-state index < -0.39 is 6.17 Å². The third kappa shape index (κ3) is 5.65. The number of ether oxygens (including phenoxy) is 1. The molecule has 1 unspecified atom stereocenters. The lowest BCUT2D eigenvalue weighted by molar-refractivity contribution is -0.119. The number of para-hydroxylation sites is 1. The molecule has 0 aliphatic carbocycles. The quantitative estimate of drug-likeness (QED) is 0.259. The average Bonchev–Trinajstić information content (AvgIpc) is 3.00. The summed E-state index contributed by atoms with van der Waals surface area (Å²) in [6.07, 6.45) is -1.01. The Bertz CT molecular complexity index is 1540. The summed E-state index contributed by atoms with van der Waals surface area (Å²) in [5.74, 6) is 1.07. The van der Waals surface area contributed by atoms with E-state index in [0.717, 1.165) is 5.75 Å². The Morgan fingerprint density at radius 3 is 2.42 bits per heavy atom. The Hall–Kier alpha value is -3.91. The first kappa shape index (κ1) is 25.7. The molecule has 1 heterocycles. The fourth-order valence-corrected chi connectivity index (χ4v) is 4.69. The number of fused-ring (bicyclic) bond motifs is 1. The minimum absolute atomic E-state index is 0.222. The average molecular weight is 561 g/mol. The Morgan fingerprint density at radius 2 is 1.63 bits per heavy atom. The molecule has 0 spiro atoms. The van der Waals surface area contributed by atoms with Crippen LogP contribution >= 0.6 is 35.4 Å². The number of hydrogen-bond acceptors (Lipinski definition) is 4. The zero-order chi connectivity index (χ0) is 26.6. The normalized spacial score (nSPS) is 14.7. The lowest BCUT2D eigenvalue weighted by atomic mass is 10.00. The van der Waals surface area contributed by atoms with Crippen LogP contribution in [0.2, 0.25) is 10.0 Å². The standard InChI is InChI=1S/C29H22Cl2N4O2S/c1-35-25-15-14-18(30)16-23(25)26(22-12-5-6-13-24(22)31)33-27(28(35)36)34-29(38)32-19-8-7-11-21(17-19)37-20-9-3-2-4-10-20/h2-17,27H,1H3,(H2,32,34,38). The third-order valence-corrected chi connectivity index (χ3v) is 6.65. The largest absolute Gasteiger partial charge is 0.457 e. The second-order valence-electron chi connectivity index (χ2n) is 8.46. The maximum absolute atomic E-state index is 13.5. The van der Waals surface area contributed by atoms with Gasteiger partial charge in [-0.25, -0.2) is 4.99 Å². The van der Waals surface area contributed by atoms with Crippen molar-refractivity contribution in [3.63, 3.8) is 0 Å². The highest BCUT2D eigenvalue weighted by molar-refractivity contribution is 7.80. The van der Waals surface area contributed by atoms with Crippen LogP contribution in [0.3, 0.4) is 0 Å². The first-order valence-corrected chi connectivity index (χ1v) is 12.9. The van der Waals surface area contributed by atoms with Crippen LogP contribution in [0, 0.1) is 0 Å². The molecule has 1 aliphatic heterocycles. The zero-order valence-electron chi connectivity index (χ0n) is 20.2. The van der Waals surface area contributed by atoms with Crippen LogP contribution in [0.25, 0.3) is 0 Å². The maximum atomic E-state index is 13.5. The number of benzodiazepines with no additional fused rings is 1. The van der Waals surface area contributed by atoms with Gasteiger partial charge in [-0.2, -0.15) is 0 Å². The molecule has 9 heteroatoms. The molecule has 0 aromatic heterocycles. The van der Waals surface area contributed by atoms with Crippen molar-refractivity contribution < 1.29 is 9.53 Å². The van der Waals surface area contributed by atoms with E-state index in [9.17, 15) is 4.79 Å². The molecule has 6 nitrogen and oxygen atoms in total. The molecule has 1 amide bonds. The Kier molecular flexibility index (Phi) is 7.60. The molecule has 2 N–H and O–H groups in total. The van der Waals surface area contributed by atoms with Crippen LogP contribution in [-0.4, -0.2) is 29.9 Å². The number of likely N-dealkylation sites (N-methyl/N-ethyl adjacent to an activating group) is 1. The van der Waals surface area contributed by atoms with E-state index in [4.69, 9.17) is 45.1 Å². The van der Waals surface area contributed by atoms with Crippen molar-refractivity contribution in [2.45, 2.75) is 6.17 Å². The number of rotatable bonds is 5. The molecular formula is C29H22Cl2N4O2S. The minimum Gasteiger partial charge on any atom is -0.457 e. The van der Waals surface area contributed by atoms with Gasteiger partial charge in [-0.1, -0.05) is 65.7 Å². The number of thiocarbonyl (C=S) groups is 1. The second-order valence-corrected chi connectivity index (χ2v) is 9.71. The summed E-state index contributed by atoms with van der Waals surface area (Å²) in [6, 6.07) is 29.5. The second kappa shape index (κ2) is 11.2. The van der Waals surface area contributed by atoms with Crippen molar-refractivity contribution in [1.29, 1.82) is 0 Å². The number of benzene rings is 4. The van der Waals surface area contributed by atoms with Crippen LogP contribution in [0.1, 0.15) is 11.1 Å². The number of aliphatic imine (C=N–C) groups is 1. The maximum Gasteiger partial charge on any atom is 0.272 e. The number of carbonyl (C=O) groups is 1. The van der Waals surface area contributed by atoms with Crippen LogP contribution in [0.4, 0.5) is 11.4 Å². The third-order valence-electron chi connectivity index (χ3n) is 5.87. The summed E-state index contributed by atoms with van der Waals surface area (Å²) < 4.78 is 5.91. The highest BCUT2D eigenvalue weighted by Gasteiger charge is 2.31. The summed E-state index contributed by atoms with van der Waals surface area (Å²) in [7, 11) is 1.69. The van der Waals surface area contributed by atoms with Crippen molar-refractivity contribution >= 4 is 63.5 Å². The summed E-state index contributed by atoms with van der Waals surface area (Å²) in [6.45, 7) is 0. The van der Waals surface area contributed by atoms with Gasteiger partial charge in [-0.3, -0.25) is 4.79 Å². The molecule has 5 rings (SSSR count). The minimum atomic E-state index is -1.01. The first-order valence-electron chi connectivity index (χ1n) is 11.7. The van der Waals surface area contributed by atoms with Crippen molar-refractivity contribution in [2.75, 3.05) is 17.3 Å². The number of hydrogen-bond donors (Lipinski definition) is 2. The lowest BCUT2D eigenvalue weighted by Gasteiger charge is -2.22. The SMILES string of the molecule is CN1C(=O)C(NC(=S)Nc2cccc(Oc3ccccc3)c2)N=C(c2ccccc2Cl)c2cc(Cl)ccc21. The van der Waals surface area contributed by atoms with Gasteiger partial charge in [-0.05, 0) is 60.7 Å². The topological polar surface area (TPSA) is 66.0 Å². The molecular weight excluding hydrogens is 539 g/mol. The highest BCUT2D eigenvalue weighted by atomic mass is 35.5. The molecule has 1 atom stereocenters. The fourth-order valence-electron chi connectivity index (χ4n) is 4.06. The van der Waals surface area contributed by atoms with E-state index in [1.807, 2.05) is 72.8 Å². The molecule has 0 saturated heterocycles. The number of nitrogens with zero attached hydrogens (tertiary/aromatic N) is 2. The van der Waals surface area contributed by atoms with Crippen LogP contribution in [-0.2, 0) is 4.79 Å². The van der Waals surface area contributed by atoms with Gasteiger partial charge in [0.15, 0.2) is 5.11 Å². The molecule has 1 aliphatic rings. The van der Waals surface area contributed by atoms with E-state index in [1.165, 1.54) is 4.90 Å². The van der Waals surface area contributed by atoms with E-state index in [0.29, 0.717) is 44.0 Å². The van der Waals surface area contributed by atoms with Gasteiger partial charge >= 0.3 is 0 Å². The molecule has 0 radical (unpaired) electrons. The van der Waals surface area contributed by atoms with Gasteiger partial charge < -0.3 is 20.3 Å². The number of amides is 1. The van der Waals surface area contributed by atoms with Crippen LogP contribution in [0.15, 0.2) is 102 Å². The lowest BCUT2D eigenvalue weighted by Crippen LogP contribution is -2.47. The molecule has 4 aromatic rings. The Morgan fingerprint density at radius 1 is 0.895 bits per heavy atom. The molecule has 4 aromatic carbocycles. The van der Waals surface area contributed by atoms with Crippen molar-refractivity contribution in [3.8, 4) is 11.5 Å². The van der Waals surface area contributed by atoms with Crippen molar-refractivity contribution in [2.24, 2.45) is 4.99 Å². The summed E-state index contributed by atoms with van der Waals surface area (Å²) >= 11 is 18.4. The smallest absolute Gasteiger partial charge is 0.272 e. The first-order chi connectivity index (χ1) is 18.4. The summed E-state index contributed by atoms with van der Waals surface area (Å²) in [5.41, 5.74) is 3.25. The van der Waals surface area contributed by atoms with Crippen molar-refractivity contribution in [1.82, 2.24) is 5.32 Å². The van der Waals surface area contributed by atoms with Gasteiger partial charge in [0.05, 0.1) is 11.4 Å². The van der Waals surface area contributed by atoms with Crippen molar-refractivity contribution in [3.05, 3.63) is 118 Å². The molecule has 0 saturated carbocycles. The van der Waals surface area contributed by atoms with E-state index in [2.05, 4.69) is 10.6 Å². The number of anilines is 2. The van der Waals surface area contributed by atoms with Gasteiger partial charge in [0.2, 0.25) is 6.17 Å². The van der Waals surface area contributed by atoms with Gasteiger partial charge in [0, 0.05) is 40.0 Å². The molecule has 38 heavy (non-hydrogen) atoms. The molecule has 190 valence electrons. The van der Waals surface area contributed by atoms with E-state index in [-0.39, 0.29) is 11.0 Å². The number of carbonyl (C=O) groups excluding carboxylic acids is 1. The monoisotopic (exact) mass is 560 g/mol. The Balaban J connectivity index is 1.42.